The molecule has 0 saturated heterocycles. The largest absolute Gasteiger partial charge is 0.297 e. The van der Waals surface area contributed by atoms with E-state index in [1.54, 1.807) is 0 Å². The molecule has 0 unspecified atom stereocenters. The molecule has 1 aromatic carbocycles. The smallest absolute Gasteiger partial charge is 0.204 e. The lowest BCUT2D eigenvalue weighted by Crippen LogP contribution is -2.17. The first-order valence-corrected chi connectivity index (χ1v) is 7.65. The predicted octanol–water partition coefficient (Wildman–Crippen LogP) is 2.87. The summed E-state index contributed by atoms with van der Waals surface area (Å²) in [6, 6.07) is 10.4. The quantitative estimate of drug-likeness (QED) is 0.787. The van der Waals surface area contributed by atoms with Gasteiger partial charge in [-0.25, -0.2) is 0 Å². The average molecular weight is 299 g/mol. The number of aromatic nitrogens is 4. The van der Waals surface area contributed by atoms with Crippen molar-refractivity contribution in [2.75, 3.05) is 7.05 Å². The van der Waals surface area contributed by atoms with Crippen molar-refractivity contribution in [3.8, 4) is 11.4 Å². The topological polar surface area (TPSA) is 57.7 Å². The predicted molar refractivity (Wildman–Crippen MR) is 83.8 cm³/mol. The lowest BCUT2D eigenvalue weighted by molar-refractivity contribution is 0.322. The van der Waals surface area contributed by atoms with Gasteiger partial charge in [-0.2, -0.15) is 5.21 Å². The minimum Gasteiger partial charge on any atom is -0.297 e. The van der Waals surface area contributed by atoms with Crippen LogP contribution in [0.3, 0.4) is 0 Å². The van der Waals surface area contributed by atoms with E-state index >= 15 is 0 Å². The third kappa shape index (κ3) is 3.17. The minimum absolute atomic E-state index is 0.645. The molecule has 21 heavy (non-hydrogen) atoms. The molecule has 0 radical (unpaired) electrons. The summed E-state index contributed by atoms with van der Waals surface area (Å²) in [6.07, 6.45) is 0. The van der Waals surface area contributed by atoms with Crippen molar-refractivity contribution in [1.29, 1.82) is 0 Å². The summed E-state index contributed by atoms with van der Waals surface area (Å²) >= 11 is 1.81. The van der Waals surface area contributed by atoms with Crippen LogP contribution in [0.4, 0.5) is 0 Å². The Bertz CT molecular complexity index is 704. The van der Waals surface area contributed by atoms with Gasteiger partial charge in [-0.15, -0.1) is 21.5 Å². The van der Waals surface area contributed by atoms with Crippen molar-refractivity contribution < 1.29 is 0 Å². The highest BCUT2D eigenvalue weighted by Crippen LogP contribution is 2.22. The van der Waals surface area contributed by atoms with Gasteiger partial charge in [0.1, 0.15) is 0 Å². The molecule has 108 valence electrons. The van der Waals surface area contributed by atoms with Crippen molar-refractivity contribution in [2.24, 2.45) is 0 Å². The van der Waals surface area contributed by atoms with E-state index < -0.39 is 0 Å². The van der Waals surface area contributed by atoms with E-state index in [9.17, 15) is 0 Å². The molecule has 3 rings (SSSR count). The van der Waals surface area contributed by atoms with Gasteiger partial charge in [0.25, 0.3) is 0 Å². The zero-order valence-electron chi connectivity index (χ0n) is 12.1. The van der Waals surface area contributed by atoms with Gasteiger partial charge in [0.2, 0.25) is 5.82 Å². The van der Waals surface area contributed by atoms with E-state index in [2.05, 4.69) is 57.0 Å². The maximum atomic E-state index is 4.08. The molecular weight excluding hydrogens is 282 g/mol. The van der Waals surface area contributed by atoms with E-state index in [4.69, 9.17) is 0 Å². The van der Waals surface area contributed by atoms with Gasteiger partial charge < -0.3 is 0 Å². The van der Waals surface area contributed by atoms with Crippen LogP contribution in [0, 0.1) is 6.92 Å². The number of benzene rings is 1. The molecule has 5 nitrogen and oxygen atoms in total. The van der Waals surface area contributed by atoms with E-state index in [1.165, 1.54) is 16.0 Å². The molecule has 2 aromatic heterocycles. The summed E-state index contributed by atoms with van der Waals surface area (Å²) in [6.45, 7) is 3.96. The van der Waals surface area contributed by atoms with Crippen molar-refractivity contribution in [2.45, 2.75) is 20.0 Å². The Kier molecular flexibility index (Phi) is 4.08. The monoisotopic (exact) mass is 299 g/mol. The van der Waals surface area contributed by atoms with Crippen LogP contribution in [0.25, 0.3) is 11.4 Å². The summed E-state index contributed by atoms with van der Waals surface area (Å²) in [5.74, 6) is 0.645. The number of tetrazole rings is 1. The highest BCUT2D eigenvalue weighted by atomic mass is 32.1. The van der Waals surface area contributed by atoms with Crippen LogP contribution >= 0.6 is 11.3 Å². The number of hydrogen-bond acceptors (Lipinski definition) is 5. The van der Waals surface area contributed by atoms with E-state index in [-0.39, 0.29) is 0 Å². The number of H-pyrrole nitrogens is 1. The van der Waals surface area contributed by atoms with Crippen molar-refractivity contribution >= 4 is 11.3 Å². The molecular formula is C15H17N5S. The third-order valence-electron chi connectivity index (χ3n) is 3.43. The van der Waals surface area contributed by atoms with E-state index in [0.29, 0.717) is 5.82 Å². The van der Waals surface area contributed by atoms with Gasteiger partial charge in [-0.1, -0.05) is 24.3 Å². The summed E-state index contributed by atoms with van der Waals surface area (Å²) in [4.78, 5) is 3.71. The standard InChI is InChI=1S/C15H17N5S/c1-11-7-8-21-14(11)10-20(2)9-12-5-3-4-6-13(12)15-16-18-19-17-15/h3-8H,9-10H2,1-2H3,(H,16,17,18,19). The Morgan fingerprint density at radius 2 is 2.05 bits per heavy atom. The Morgan fingerprint density at radius 3 is 2.76 bits per heavy atom. The normalized spacial score (nSPS) is 11.2. The Morgan fingerprint density at radius 1 is 1.19 bits per heavy atom. The second kappa shape index (κ2) is 6.15. The minimum atomic E-state index is 0.645. The van der Waals surface area contributed by atoms with Gasteiger partial charge in [0.05, 0.1) is 0 Å². The van der Waals surface area contributed by atoms with Crippen LogP contribution in [0.1, 0.15) is 16.0 Å². The summed E-state index contributed by atoms with van der Waals surface area (Å²) < 4.78 is 0. The second-order valence-electron chi connectivity index (χ2n) is 5.09. The number of thiophene rings is 1. The van der Waals surface area contributed by atoms with Crippen LogP contribution in [-0.2, 0) is 13.1 Å². The van der Waals surface area contributed by atoms with Gasteiger partial charge in [0, 0.05) is 23.5 Å². The summed E-state index contributed by atoms with van der Waals surface area (Å²) in [5, 5.41) is 16.5. The first-order valence-electron chi connectivity index (χ1n) is 6.77. The number of aromatic amines is 1. The van der Waals surface area contributed by atoms with Crippen molar-refractivity contribution in [3.63, 3.8) is 0 Å². The van der Waals surface area contributed by atoms with Crippen LogP contribution in [0.15, 0.2) is 35.7 Å². The Labute approximate surface area is 127 Å². The molecule has 3 aromatic rings. The molecule has 1 N–H and O–H groups in total. The molecule has 6 heteroatoms. The lowest BCUT2D eigenvalue weighted by atomic mass is 10.1. The zero-order valence-corrected chi connectivity index (χ0v) is 12.9. The highest BCUT2D eigenvalue weighted by Gasteiger charge is 2.11. The molecule has 0 saturated carbocycles. The molecule has 0 spiro atoms. The second-order valence-corrected chi connectivity index (χ2v) is 6.09. The molecule has 0 atom stereocenters. The maximum absolute atomic E-state index is 4.08. The third-order valence-corrected chi connectivity index (χ3v) is 4.43. The zero-order chi connectivity index (χ0) is 14.7. The Balaban J connectivity index is 1.77. The van der Waals surface area contributed by atoms with Crippen LogP contribution in [0.2, 0.25) is 0 Å². The maximum Gasteiger partial charge on any atom is 0.204 e. The van der Waals surface area contributed by atoms with Gasteiger partial charge in [0.15, 0.2) is 0 Å². The number of nitrogens with zero attached hydrogens (tertiary/aromatic N) is 4. The molecule has 2 heterocycles. The molecule has 0 aliphatic carbocycles. The fraction of sp³-hybridized carbons (Fsp3) is 0.267. The fourth-order valence-electron chi connectivity index (χ4n) is 2.31. The molecule has 0 bridgehead atoms. The van der Waals surface area contributed by atoms with Crippen LogP contribution in [-0.4, -0.2) is 32.6 Å². The van der Waals surface area contributed by atoms with Crippen LogP contribution < -0.4 is 0 Å². The summed E-state index contributed by atoms with van der Waals surface area (Å²) in [7, 11) is 2.13. The first-order chi connectivity index (χ1) is 10.2. The SMILES string of the molecule is Cc1ccsc1CN(C)Cc1ccccc1-c1nn[nH]n1. The summed E-state index contributed by atoms with van der Waals surface area (Å²) in [5.41, 5.74) is 3.59. The highest BCUT2D eigenvalue weighted by molar-refractivity contribution is 7.10. The van der Waals surface area contributed by atoms with E-state index in [0.717, 1.165) is 18.7 Å². The number of aryl methyl sites for hydroxylation is 1. The Hall–Kier alpha value is -2.05. The van der Waals surface area contributed by atoms with Gasteiger partial charge in [-0.05, 0) is 41.8 Å². The number of hydrogen-bond donors (Lipinski definition) is 1. The molecule has 0 fully saturated rings. The van der Waals surface area contributed by atoms with Crippen LogP contribution in [0.5, 0.6) is 0 Å². The van der Waals surface area contributed by atoms with Gasteiger partial charge >= 0.3 is 0 Å². The van der Waals surface area contributed by atoms with E-state index in [1.807, 2.05) is 29.5 Å². The lowest BCUT2D eigenvalue weighted by Gasteiger charge is -2.17. The van der Waals surface area contributed by atoms with Crippen molar-refractivity contribution in [1.82, 2.24) is 25.5 Å². The fourth-order valence-corrected chi connectivity index (χ4v) is 3.30. The number of nitrogens with one attached hydrogen (secondary N) is 1. The number of rotatable bonds is 5. The van der Waals surface area contributed by atoms with Gasteiger partial charge in [-0.3, -0.25) is 4.90 Å². The average Bonchev–Trinajstić information content (AvgIpc) is 3.12. The van der Waals surface area contributed by atoms with Crippen molar-refractivity contribution in [3.05, 3.63) is 51.7 Å². The first kappa shape index (κ1) is 13.9. The molecule has 0 aliphatic rings. The molecule has 0 aliphatic heterocycles. The molecule has 0 amide bonds.